The molecule has 1 aromatic rings. The molecule has 0 spiro atoms. The number of carboxylic acids is 1. The minimum Gasteiger partial charge on any atom is -0.481 e. The Morgan fingerprint density at radius 3 is 2.35 bits per heavy atom. The summed E-state index contributed by atoms with van der Waals surface area (Å²) in [5.74, 6) is -1.11. The highest BCUT2D eigenvalue weighted by atomic mass is 16.4. The lowest BCUT2D eigenvalue weighted by Crippen LogP contribution is -2.45. The average molecular weight is 277 g/mol. The molecule has 1 unspecified atom stereocenters. The summed E-state index contributed by atoms with van der Waals surface area (Å²) in [7, 11) is 0. The van der Waals surface area contributed by atoms with Gasteiger partial charge >= 0.3 is 5.97 Å². The third-order valence-electron chi connectivity index (χ3n) is 3.37. The highest BCUT2D eigenvalue weighted by molar-refractivity contribution is 5.96. The van der Waals surface area contributed by atoms with Crippen molar-refractivity contribution in [2.45, 2.75) is 46.6 Å². The molecule has 4 heteroatoms. The Labute approximate surface area is 120 Å². The van der Waals surface area contributed by atoms with E-state index in [0.717, 1.165) is 12.0 Å². The zero-order valence-electron chi connectivity index (χ0n) is 12.6. The van der Waals surface area contributed by atoms with Crippen LogP contribution in [0, 0.1) is 5.41 Å². The first-order valence-electron chi connectivity index (χ1n) is 6.86. The zero-order valence-corrected chi connectivity index (χ0v) is 12.6. The number of aryl methyl sites for hydroxylation is 1. The van der Waals surface area contributed by atoms with Crippen LogP contribution in [0.4, 0.5) is 0 Å². The van der Waals surface area contributed by atoms with Crippen molar-refractivity contribution in [3.05, 3.63) is 35.4 Å². The first-order chi connectivity index (χ1) is 9.25. The van der Waals surface area contributed by atoms with Gasteiger partial charge in [-0.15, -0.1) is 0 Å². The van der Waals surface area contributed by atoms with E-state index in [-0.39, 0.29) is 17.7 Å². The molecule has 110 valence electrons. The number of hydrogen-bond acceptors (Lipinski definition) is 2. The van der Waals surface area contributed by atoms with E-state index in [1.54, 1.807) is 6.07 Å². The van der Waals surface area contributed by atoms with Gasteiger partial charge in [-0.1, -0.05) is 45.9 Å². The van der Waals surface area contributed by atoms with Gasteiger partial charge < -0.3 is 10.4 Å². The molecule has 0 saturated heterocycles. The van der Waals surface area contributed by atoms with Gasteiger partial charge in [0.25, 0.3) is 5.91 Å². The predicted octanol–water partition coefficient (Wildman–Crippen LogP) is 2.87. The van der Waals surface area contributed by atoms with Crippen LogP contribution in [-0.4, -0.2) is 23.0 Å². The first-order valence-corrected chi connectivity index (χ1v) is 6.86. The zero-order chi connectivity index (χ0) is 15.3. The van der Waals surface area contributed by atoms with Crippen LogP contribution >= 0.6 is 0 Å². The Bertz CT molecular complexity index is 489. The summed E-state index contributed by atoms with van der Waals surface area (Å²) in [6, 6.07) is 7.00. The van der Waals surface area contributed by atoms with E-state index in [1.165, 1.54) is 0 Å². The van der Waals surface area contributed by atoms with Gasteiger partial charge in [0.05, 0.1) is 6.42 Å². The van der Waals surface area contributed by atoms with E-state index < -0.39 is 12.0 Å². The minimum absolute atomic E-state index is 0.0798. The van der Waals surface area contributed by atoms with Crippen LogP contribution in [0.2, 0.25) is 0 Å². The molecule has 0 fully saturated rings. The van der Waals surface area contributed by atoms with E-state index in [2.05, 4.69) is 5.32 Å². The van der Waals surface area contributed by atoms with Crippen molar-refractivity contribution in [1.29, 1.82) is 0 Å². The molecule has 0 radical (unpaired) electrons. The summed E-state index contributed by atoms with van der Waals surface area (Å²) < 4.78 is 0. The second kappa shape index (κ2) is 6.55. The Balaban J connectivity index is 2.93. The molecular weight excluding hydrogens is 254 g/mol. The molecule has 4 nitrogen and oxygen atoms in total. The summed E-state index contributed by atoms with van der Waals surface area (Å²) in [6.07, 6.45) is 0.687. The molecule has 1 rings (SSSR count). The number of hydrogen-bond donors (Lipinski definition) is 2. The second-order valence-corrected chi connectivity index (χ2v) is 6.00. The van der Waals surface area contributed by atoms with E-state index >= 15 is 0 Å². The molecule has 20 heavy (non-hydrogen) atoms. The fourth-order valence-electron chi connectivity index (χ4n) is 2.03. The van der Waals surface area contributed by atoms with Crippen molar-refractivity contribution in [2.24, 2.45) is 5.41 Å². The van der Waals surface area contributed by atoms with E-state index in [4.69, 9.17) is 5.11 Å². The Hall–Kier alpha value is -1.84. The third-order valence-corrected chi connectivity index (χ3v) is 3.37. The number of amides is 1. The normalized spacial score (nSPS) is 12.8. The van der Waals surface area contributed by atoms with E-state index in [9.17, 15) is 9.59 Å². The van der Waals surface area contributed by atoms with Crippen LogP contribution in [0.5, 0.6) is 0 Å². The number of carboxylic acid groups (broad SMARTS) is 1. The lowest BCUT2D eigenvalue weighted by atomic mass is 9.84. The van der Waals surface area contributed by atoms with E-state index in [0.29, 0.717) is 5.56 Å². The van der Waals surface area contributed by atoms with Gasteiger partial charge in [-0.25, -0.2) is 0 Å². The van der Waals surface area contributed by atoms with Gasteiger partial charge in [0.1, 0.15) is 0 Å². The molecule has 0 aliphatic rings. The molecule has 0 aliphatic heterocycles. The highest BCUT2D eigenvalue weighted by Gasteiger charge is 2.29. The largest absolute Gasteiger partial charge is 0.481 e. The van der Waals surface area contributed by atoms with Gasteiger partial charge in [0.15, 0.2) is 0 Å². The molecule has 2 N–H and O–H groups in total. The van der Waals surface area contributed by atoms with Crippen LogP contribution in [-0.2, 0) is 11.2 Å². The molecule has 0 aliphatic carbocycles. The van der Waals surface area contributed by atoms with Crippen molar-refractivity contribution in [2.75, 3.05) is 0 Å². The van der Waals surface area contributed by atoms with Crippen molar-refractivity contribution in [1.82, 2.24) is 5.32 Å². The third kappa shape index (κ3) is 4.37. The summed E-state index contributed by atoms with van der Waals surface area (Å²) >= 11 is 0. The smallest absolute Gasteiger partial charge is 0.305 e. The van der Waals surface area contributed by atoms with Gasteiger partial charge in [-0.05, 0) is 23.5 Å². The van der Waals surface area contributed by atoms with Crippen LogP contribution in [0.15, 0.2) is 24.3 Å². The van der Waals surface area contributed by atoms with Gasteiger partial charge in [-0.3, -0.25) is 9.59 Å². The van der Waals surface area contributed by atoms with Crippen molar-refractivity contribution in [3.63, 3.8) is 0 Å². The Morgan fingerprint density at radius 1 is 1.25 bits per heavy atom. The monoisotopic (exact) mass is 277 g/mol. The summed E-state index contributed by atoms with van der Waals surface area (Å²) in [5.41, 5.74) is 1.28. The van der Waals surface area contributed by atoms with Crippen LogP contribution in [0.1, 0.15) is 50.0 Å². The van der Waals surface area contributed by atoms with Gasteiger partial charge in [0, 0.05) is 11.6 Å². The highest BCUT2D eigenvalue weighted by Crippen LogP contribution is 2.22. The standard InChI is InChI=1S/C16H23NO3/c1-5-11-8-6-7-9-12(11)15(20)17-13(10-14(18)19)16(2,3)4/h6-9,13H,5,10H2,1-4H3,(H,17,20)(H,18,19). The number of aliphatic carboxylic acids is 1. The maximum atomic E-state index is 12.4. The lowest BCUT2D eigenvalue weighted by Gasteiger charge is -2.30. The SMILES string of the molecule is CCc1ccccc1C(=O)NC(CC(=O)O)C(C)(C)C. The van der Waals surface area contributed by atoms with Gasteiger partial charge in [-0.2, -0.15) is 0 Å². The fraction of sp³-hybridized carbons (Fsp3) is 0.500. The van der Waals surface area contributed by atoms with Crippen molar-refractivity contribution < 1.29 is 14.7 Å². The summed E-state index contributed by atoms with van der Waals surface area (Å²) in [6.45, 7) is 7.76. The van der Waals surface area contributed by atoms with E-state index in [1.807, 2.05) is 45.9 Å². The molecule has 1 aromatic carbocycles. The van der Waals surface area contributed by atoms with Crippen LogP contribution < -0.4 is 5.32 Å². The summed E-state index contributed by atoms with van der Waals surface area (Å²) in [5, 5.41) is 11.8. The molecule has 1 atom stereocenters. The number of carbonyl (C=O) groups excluding carboxylic acids is 1. The first kappa shape index (κ1) is 16.2. The molecule has 0 bridgehead atoms. The van der Waals surface area contributed by atoms with Crippen LogP contribution in [0.25, 0.3) is 0 Å². The number of nitrogens with one attached hydrogen (secondary N) is 1. The maximum absolute atomic E-state index is 12.4. The molecule has 1 amide bonds. The average Bonchev–Trinajstić information content (AvgIpc) is 2.36. The van der Waals surface area contributed by atoms with Crippen LogP contribution in [0.3, 0.4) is 0 Å². The summed E-state index contributed by atoms with van der Waals surface area (Å²) in [4.78, 5) is 23.3. The Morgan fingerprint density at radius 2 is 1.85 bits per heavy atom. The maximum Gasteiger partial charge on any atom is 0.305 e. The van der Waals surface area contributed by atoms with Crippen molar-refractivity contribution in [3.8, 4) is 0 Å². The molecule has 0 aromatic heterocycles. The molecule has 0 saturated carbocycles. The Kier molecular flexibility index (Phi) is 5.31. The predicted molar refractivity (Wildman–Crippen MR) is 78.8 cm³/mol. The quantitative estimate of drug-likeness (QED) is 0.869. The topological polar surface area (TPSA) is 66.4 Å². The number of carbonyl (C=O) groups is 2. The molecular formula is C16H23NO3. The van der Waals surface area contributed by atoms with Crippen molar-refractivity contribution >= 4 is 11.9 Å². The second-order valence-electron chi connectivity index (χ2n) is 6.00. The molecule has 0 heterocycles. The number of rotatable bonds is 5. The number of benzene rings is 1. The fourth-order valence-corrected chi connectivity index (χ4v) is 2.03. The van der Waals surface area contributed by atoms with Gasteiger partial charge in [0.2, 0.25) is 0 Å². The minimum atomic E-state index is -0.908. The lowest BCUT2D eigenvalue weighted by molar-refractivity contribution is -0.138.